The number of nitrogens with two attached hydrogens (primary N) is 1. The minimum absolute atomic E-state index is 0.183. The molecule has 32 heavy (non-hydrogen) atoms. The number of hydrogen-bond acceptors (Lipinski definition) is 12. The number of alkyl halides is 1. The number of nitrogens with zero attached hydrogens (tertiary/aromatic N) is 3. The highest BCUT2D eigenvalue weighted by Gasteiger charge is 2.54. The monoisotopic (exact) mass is 537 g/mol. The molecule has 6 N–H and O–H groups in total. The third-order valence-electron chi connectivity index (χ3n) is 4.32. The molecule has 1 aliphatic rings. The zero-order valence-electron chi connectivity index (χ0n) is 15.9. The van der Waals surface area contributed by atoms with Crippen molar-refractivity contribution in [2.75, 3.05) is 12.3 Å². The van der Waals surface area contributed by atoms with E-state index < -0.39 is 53.4 Å². The third-order valence-corrected chi connectivity index (χ3v) is 8.51. The van der Waals surface area contributed by atoms with Crippen LogP contribution in [-0.4, -0.2) is 58.0 Å². The number of phosphoric acid groups is 3. The van der Waals surface area contributed by atoms with E-state index >= 15 is 0 Å². The molecule has 3 rings (SSSR count). The summed E-state index contributed by atoms with van der Waals surface area (Å²) in [4.78, 5) is 44.1. The van der Waals surface area contributed by atoms with Gasteiger partial charge in [0, 0.05) is 6.20 Å². The second-order valence-corrected chi connectivity index (χ2v) is 11.9. The SMILES string of the molecule is C[C@@]1(Cl)[C@H](O)[C@@H](COP(=O)(O)OP(=O)(O)OP(=O)([O-])O)O[C@H]1n1ccc2c(N)ncnc21. The van der Waals surface area contributed by atoms with Crippen molar-refractivity contribution in [1.82, 2.24) is 14.5 Å². The predicted molar refractivity (Wildman–Crippen MR) is 104 cm³/mol. The highest BCUT2D eigenvalue weighted by molar-refractivity contribution is 7.66. The lowest BCUT2D eigenvalue weighted by Crippen LogP contribution is -2.39. The smallest absolute Gasteiger partial charge is 0.487 e. The Morgan fingerprint density at radius 2 is 1.94 bits per heavy atom. The Hall–Kier alpha value is -0.960. The first-order valence-electron chi connectivity index (χ1n) is 8.38. The first kappa shape index (κ1) is 25.7. The fraction of sp³-hybridized carbons (Fsp3) is 0.500. The molecule has 20 heteroatoms. The van der Waals surface area contributed by atoms with Crippen LogP contribution in [0.5, 0.6) is 0 Å². The first-order chi connectivity index (χ1) is 14.5. The molecular weight excluding hydrogens is 521 g/mol. The second-order valence-electron chi connectivity index (χ2n) is 6.71. The van der Waals surface area contributed by atoms with Crippen LogP contribution >= 0.6 is 35.1 Å². The molecule has 2 aromatic heterocycles. The van der Waals surface area contributed by atoms with Crippen molar-refractivity contribution < 1.29 is 56.3 Å². The van der Waals surface area contributed by atoms with Crippen molar-refractivity contribution in [3.05, 3.63) is 18.6 Å². The number of aliphatic hydroxyl groups excluding tert-OH is 1. The lowest BCUT2D eigenvalue weighted by Gasteiger charge is -2.26. The van der Waals surface area contributed by atoms with E-state index in [1.54, 1.807) is 6.07 Å². The van der Waals surface area contributed by atoms with Gasteiger partial charge in [0.15, 0.2) is 6.23 Å². The number of aromatic nitrogens is 3. The summed E-state index contributed by atoms with van der Waals surface area (Å²) in [5.74, 6) is 0.183. The van der Waals surface area contributed by atoms with Gasteiger partial charge in [-0.25, -0.2) is 23.4 Å². The summed E-state index contributed by atoms with van der Waals surface area (Å²) in [6.45, 7) is 0.524. The molecule has 1 aliphatic heterocycles. The van der Waals surface area contributed by atoms with E-state index in [0.29, 0.717) is 11.0 Å². The molecule has 0 spiro atoms. The van der Waals surface area contributed by atoms with Crippen molar-refractivity contribution in [2.45, 2.75) is 30.2 Å². The molecule has 7 atom stereocenters. The highest BCUT2D eigenvalue weighted by Crippen LogP contribution is 2.65. The molecular formula is C12H17ClN4O12P3-. The number of aliphatic hydroxyl groups is 1. The summed E-state index contributed by atoms with van der Waals surface area (Å²) in [6, 6.07) is 1.58. The maximum absolute atomic E-state index is 11.9. The van der Waals surface area contributed by atoms with Crippen LogP contribution in [0.1, 0.15) is 13.2 Å². The molecule has 1 saturated heterocycles. The van der Waals surface area contributed by atoms with E-state index in [1.807, 2.05) is 0 Å². The third kappa shape index (κ3) is 5.57. The molecule has 0 aliphatic carbocycles. The molecule has 0 saturated carbocycles. The van der Waals surface area contributed by atoms with E-state index in [2.05, 4.69) is 23.1 Å². The summed E-state index contributed by atoms with van der Waals surface area (Å²) < 4.78 is 52.5. The number of halogens is 1. The molecule has 2 aromatic rings. The Morgan fingerprint density at radius 1 is 1.28 bits per heavy atom. The van der Waals surface area contributed by atoms with Gasteiger partial charge in [-0.05, 0) is 13.0 Å². The van der Waals surface area contributed by atoms with Crippen LogP contribution in [0.4, 0.5) is 5.82 Å². The number of fused-ring (bicyclic) bond motifs is 1. The fourth-order valence-electron chi connectivity index (χ4n) is 3.00. The van der Waals surface area contributed by atoms with Crippen LogP contribution in [0, 0.1) is 0 Å². The Bertz CT molecular complexity index is 1150. The van der Waals surface area contributed by atoms with Gasteiger partial charge >= 0.3 is 15.6 Å². The van der Waals surface area contributed by atoms with E-state index in [1.165, 1.54) is 24.0 Å². The van der Waals surface area contributed by atoms with Gasteiger partial charge in [-0.3, -0.25) is 9.09 Å². The first-order valence-corrected chi connectivity index (χ1v) is 13.2. The quantitative estimate of drug-likeness (QED) is 0.219. The van der Waals surface area contributed by atoms with Crippen molar-refractivity contribution in [3.63, 3.8) is 0 Å². The average Bonchev–Trinajstić information content (AvgIpc) is 3.11. The minimum Gasteiger partial charge on any atom is -0.756 e. The Kier molecular flexibility index (Phi) is 6.96. The van der Waals surface area contributed by atoms with Gasteiger partial charge in [0.25, 0.3) is 7.82 Å². The fourth-order valence-corrected chi connectivity index (χ4v) is 6.29. The standard InChI is InChI=1S/C12H18ClN4O12P3/c1-12(13)8(18)7(4-26-31(22,23)29-32(24,25)28-30(19,20)21)27-11(12)17-3-2-6-9(14)15-5-16-10(6)17/h2-3,5,7-8,11,18H,4H2,1H3,(H,22,23)(H,24,25)(H2,14,15,16)(H2,19,20,21)/p-1/t7-,8-,11-,12-/m1/s1. The Balaban J connectivity index is 1.74. The Morgan fingerprint density at radius 3 is 2.56 bits per heavy atom. The zero-order chi connectivity index (χ0) is 24.1. The number of rotatable bonds is 8. The van der Waals surface area contributed by atoms with Crippen LogP contribution in [0.15, 0.2) is 18.6 Å². The van der Waals surface area contributed by atoms with Crippen molar-refractivity contribution in [2.24, 2.45) is 0 Å². The largest absolute Gasteiger partial charge is 0.756 e. The normalized spacial score (nSPS) is 31.8. The van der Waals surface area contributed by atoms with Crippen LogP contribution in [-0.2, 0) is 31.6 Å². The topological polar surface area (TPSA) is 249 Å². The van der Waals surface area contributed by atoms with Gasteiger partial charge in [0.2, 0.25) is 0 Å². The van der Waals surface area contributed by atoms with E-state index in [4.69, 9.17) is 31.9 Å². The molecule has 180 valence electrons. The number of nitrogen functional groups attached to an aromatic ring is 1. The summed E-state index contributed by atoms with van der Waals surface area (Å²) in [7, 11) is -17.0. The molecule has 0 bridgehead atoms. The van der Waals surface area contributed by atoms with E-state index in [9.17, 15) is 28.6 Å². The maximum atomic E-state index is 11.9. The van der Waals surface area contributed by atoms with Crippen LogP contribution in [0.3, 0.4) is 0 Å². The molecule has 16 nitrogen and oxygen atoms in total. The molecule has 1 fully saturated rings. The highest BCUT2D eigenvalue weighted by atomic mass is 35.5. The summed E-state index contributed by atoms with van der Waals surface area (Å²) in [5, 5.41) is 11.0. The number of hydrogen-bond donors (Lipinski definition) is 5. The minimum atomic E-state index is -5.78. The van der Waals surface area contributed by atoms with Crippen LogP contribution in [0.2, 0.25) is 0 Å². The molecule has 3 heterocycles. The molecule has 0 aromatic carbocycles. The van der Waals surface area contributed by atoms with E-state index in [0.717, 1.165) is 0 Å². The van der Waals surface area contributed by atoms with Gasteiger partial charge in [-0.15, -0.1) is 11.6 Å². The lowest BCUT2D eigenvalue weighted by atomic mass is 10.0. The van der Waals surface area contributed by atoms with Gasteiger partial charge in [-0.2, -0.15) is 4.31 Å². The van der Waals surface area contributed by atoms with E-state index in [-0.39, 0.29) is 5.82 Å². The maximum Gasteiger partial charge on any atom is 0.487 e. The van der Waals surface area contributed by atoms with Gasteiger partial charge in [-0.1, -0.05) is 0 Å². The van der Waals surface area contributed by atoms with Crippen LogP contribution in [0.25, 0.3) is 11.0 Å². The molecule has 0 radical (unpaired) electrons. The zero-order valence-corrected chi connectivity index (χ0v) is 19.3. The number of anilines is 1. The Labute approximate surface area is 184 Å². The molecule has 0 amide bonds. The predicted octanol–water partition coefficient (Wildman–Crippen LogP) is -0.0194. The number of ether oxygens (including phenoxy) is 1. The second kappa shape index (κ2) is 8.67. The van der Waals surface area contributed by atoms with Crippen molar-refractivity contribution >= 4 is 51.9 Å². The summed E-state index contributed by atoms with van der Waals surface area (Å²) >= 11 is 6.45. The summed E-state index contributed by atoms with van der Waals surface area (Å²) in [5.41, 5.74) is 6.11. The average molecular weight is 538 g/mol. The summed E-state index contributed by atoms with van der Waals surface area (Å²) in [6.07, 6.45) is -1.21. The van der Waals surface area contributed by atoms with Gasteiger partial charge < -0.3 is 39.7 Å². The van der Waals surface area contributed by atoms with Gasteiger partial charge in [0.1, 0.15) is 34.9 Å². The molecule has 3 unspecified atom stereocenters. The lowest BCUT2D eigenvalue weighted by molar-refractivity contribution is -0.212. The van der Waals surface area contributed by atoms with Gasteiger partial charge in [0.05, 0.1) is 12.0 Å². The number of phosphoric ester groups is 1. The van der Waals surface area contributed by atoms with Crippen molar-refractivity contribution in [1.29, 1.82) is 0 Å². The van der Waals surface area contributed by atoms with Crippen molar-refractivity contribution in [3.8, 4) is 0 Å². The van der Waals surface area contributed by atoms with Crippen LogP contribution < -0.4 is 10.6 Å².